The molecule has 2 N–H and O–H groups in total. The lowest BCUT2D eigenvalue weighted by atomic mass is 10.2. The Morgan fingerprint density at radius 1 is 0.789 bits per heavy atom. The molecule has 0 aliphatic heterocycles. The summed E-state index contributed by atoms with van der Waals surface area (Å²) in [5, 5.41) is 6.18. The van der Waals surface area contributed by atoms with Crippen LogP contribution < -0.4 is 10.6 Å². The van der Waals surface area contributed by atoms with Gasteiger partial charge in [-0.1, -0.05) is 24.4 Å². The molecule has 19 heavy (non-hydrogen) atoms. The molecule has 0 aliphatic carbocycles. The lowest BCUT2D eigenvalue weighted by Gasteiger charge is -2.11. The summed E-state index contributed by atoms with van der Waals surface area (Å²) in [5.41, 5.74) is 1.86. The van der Waals surface area contributed by atoms with Crippen LogP contribution in [0.5, 0.6) is 0 Å². The first-order chi connectivity index (χ1) is 9.27. The van der Waals surface area contributed by atoms with Gasteiger partial charge in [0.15, 0.2) is 0 Å². The van der Waals surface area contributed by atoms with Crippen LogP contribution in [0.15, 0.2) is 49.1 Å². The molecule has 0 saturated heterocycles. The Morgan fingerprint density at radius 2 is 1.16 bits per heavy atom. The molecular formula is C13H12N4S2. The highest BCUT2D eigenvalue weighted by molar-refractivity contribution is 7.81. The highest BCUT2D eigenvalue weighted by atomic mass is 32.1. The number of nitrogens with zero attached hydrogens (tertiary/aromatic N) is 2. The SMILES string of the molecule is S=C(NCNC(=S)c1ccncc1)c1ccncc1. The molecule has 4 nitrogen and oxygen atoms in total. The molecule has 0 radical (unpaired) electrons. The number of rotatable bonds is 4. The van der Waals surface area contributed by atoms with Gasteiger partial charge in [0.1, 0.15) is 9.98 Å². The monoisotopic (exact) mass is 288 g/mol. The molecule has 0 atom stereocenters. The first-order valence-electron chi connectivity index (χ1n) is 5.64. The van der Waals surface area contributed by atoms with E-state index in [9.17, 15) is 0 Å². The highest BCUT2D eigenvalue weighted by Gasteiger charge is 2.01. The fraction of sp³-hybridized carbons (Fsp3) is 0.0769. The van der Waals surface area contributed by atoms with Gasteiger partial charge in [-0.3, -0.25) is 9.97 Å². The molecule has 0 unspecified atom stereocenters. The molecule has 2 rings (SSSR count). The minimum absolute atomic E-state index is 0.475. The van der Waals surface area contributed by atoms with E-state index in [2.05, 4.69) is 20.6 Å². The van der Waals surface area contributed by atoms with E-state index in [-0.39, 0.29) is 0 Å². The number of hydrogen-bond acceptors (Lipinski definition) is 4. The van der Waals surface area contributed by atoms with Gasteiger partial charge in [-0.15, -0.1) is 0 Å². The van der Waals surface area contributed by atoms with Gasteiger partial charge in [0.25, 0.3) is 0 Å². The number of nitrogens with one attached hydrogen (secondary N) is 2. The summed E-state index contributed by atoms with van der Waals surface area (Å²) >= 11 is 10.5. The third-order valence-corrected chi connectivity index (χ3v) is 3.14. The molecule has 2 heterocycles. The summed E-state index contributed by atoms with van der Waals surface area (Å²) in [6.07, 6.45) is 6.83. The van der Waals surface area contributed by atoms with Gasteiger partial charge in [-0.05, 0) is 24.3 Å². The van der Waals surface area contributed by atoms with Crippen LogP contribution in [0.25, 0.3) is 0 Å². The van der Waals surface area contributed by atoms with Crippen LogP contribution in [-0.2, 0) is 0 Å². The van der Waals surface area contributed by atoms with Gasteiger partial charge >= 0.3 is 0 Å². The van der Waals surface area contributed by atoms with Crippen molar-refractivity contribution in [3.05, 3.63) is 60.2 Å². The maximum Gasteiger partial charge on any atom is 0.108 e. The van der Waals surface area contributed by atoms with Crippen LogP contribution in [0, 0.1) is 0 Å². The predicted molar refractivity (Wildman–Crippen MR) is 83.0 cm³/mol. The molecular weight excluding hydrogens is 276 g/mol. The normalized spacial score (nSPS) is 9.68. The smallest absolute Gasteiger partial charge is 0.108 e. The zero-order chi connectivity index (χ0) is 13.5. The summed E-state index contributed by atoms with van der Waals surface area (Å²) in [6.45, 7) is 0.475. The van der Waals surface area contributed by atoms with Crippen molar-refractivity contribution >= 4 is 34.4 Å². The largest absolute Gasteiger partial charge is 0.359 e. The van der Waals surface area contributed by atoms with Crippen molar-refractivity contribution in [3.8, 4) is 0 Å². The van der Waals surface area contributed by atoms with Crippen molar-refractivity contribution in [3.63, 3.8) is 0 Å². The van der Waals surface area contributed by atoms with Crippen molar-refractivity contribution in [2.45, 2.75) is 0 Å². The second-order valence-corrected chi connectivity index (χ2v) is 4.48. The number of thiocarbonyl (C=S) groups is 2. The van der Waals surface area contributed by atoms with Crippen LogP contribution >= 0.6 is 24.4 Å². The summed E-state index contributed by atoms with van der Waals surface area (Å²) in [5.74, 6) is 0. The molecule has 0 aromatic carbocycles. The van der Waals surface area contributed by atoms with E-state index >= 15 is 0 Å². The Labute approximate surface area is 122 Å². The highest BCUT2D eigenvalue weighted by Crippen LogP contribution is 1.98. The number of aromatic nitrogens is 2. The van der Waals surface area contributed by atoms with Gasteiger partial charge < -0.3 is 10.6 Å². The third kappa shape index (κ3) is 4.04. The molecule has 0 spiro atoms. The maximum absolute atomic E-state index is 5.26. The topological polar surface area (TPSA) is 49.8 Å². The van der Waals surface area contributed by atoms with E-state index in [4.69, 9.17) is 24.4 Å². The average Bonchev–Trinajstić information content (AvgIpc) is 2.49. The summed E-state index contributed by atoms with van der Waals surface area (Å²) in [6, 6.07) is 7.43. The average molecular weight is 288 g/mol. The van der Waals surface area contributed by atoms with E-state index in [1.165, 1.54) is 0 Å². The molecule has 2 aromatic rings. The lowest BCUT2D eigenvalue weighted by molar-refractivity contribution is 0.847. The predicted octanol–water partition coefficient (Wildman–Crippen LogP) is 1.66. The first-order valence-corrected chi connectivity index (χ1v) is 6.45. The fourth-order valence-corrected chi connectivity index (χ4v) is 1.83. The van der Waals surface area contributed by atoms with Crippen LogP contribution in [0.1, 0.15) is 11.1 Å². The second kappa shape index (κ2) is 6.86. The van der Waals surface area contributed by atoms with Crippen molar-refractivity contribution in [1.29, 1.82) is 0 Å². The van der Waals surface area contributed by atoms with Crippen molar-refractivity contribution < 1.29 is 0 Å². The Hall–Kier alpha value is -1.92. The van der Waals surface area contributed by atoms with Gasteiger partial charge in [0, 0.05) is 35.9 Å². The van der Waals surface area contributed by atoms with Gasteiger partial charge in [-0.25, -0.2) is 0 Å². The van der Waals surface area contributed by atoms with E-state index in [1.54, 1.807) is 24.8 Å². The lowest BCUT2D eigenvalue weighted by Crippen LogP contribution is -2.36. The molecule has 0 aliphatic rings. The van der Waals surface area contributed by atoms with Gasteiger partial charge in [0.2, 0.25) is 0 Å². The maximum atomic E-state index is 5.26. The van der Waals surface area contributed by atoms with E-state index < -0.39 is 0 Å². The molecule has 2 aromatic heterocycles. The molecule has 0 bridgehead atoms. The van der Waals surface area contributed by atoms with E-state index in [0.717, 1.165) is 11.1 Å². The van der Waals surface area contributed by atoms with Crippen LogP contribution in [-0.4, -0.2) is 26.6 Å². The second-order valence-electron chi connectivity index (χ2n) is 3.66. The first kappa shape index (κ1) is 13.5. The van der Waals surface area contributed by atoms with Crippen LogP contribution in [0.2, 0.25) is 0 Å². The Bertz CT molecular complexity index is 506. The van der Waals surface area contributed by atoms with Crippen LogP contribution in [0.3, 0.4) is 0 Å². The zero-order valence-corrected chi connectivity index (χ0v) is 11.7. The molecule has 0 amide bonds. The van der Waals surface area contributed by atoms with E-state index in [1.807, 2.05) is 24.3 Å². The van der Waals surface area contributed by atoms with Gasteiger partial charge in [0.05, 0.1) is 6.67 Å². The fourth-order valence-electron chi connectivity index (χ4n) is 1.42. The standard InChI is InChI=1S/C13H12N4S2/c18-12(10-1-5-14-6-2-10)16-9-17-13(19)11-3-7-15-8-4-11/h1-8H,9H2,(H,16,18)(H,17,19). The summed E-state index contributed by atoms with van der Waals surface area (Å²) < 4.78 is 0. The quantitative estimate of drug-likeness (QED) is 0.659. The minimum atomic E-state index is 0.475. The van der Waals surface area contributed by atoms with Crippen molar-refractivity contribution in [2.75, 3.05) is 6.67 Å². The Balaban J connectivity index is 1.81. The molecule has 96 valence electrons. The number of hydrogen-bond donors (Lipinski definition) is 2. The van der Waals surface area contributed by atoms with Crippen molar-refractivity contribution in [2.24, 2.45) is 0 Å². The third-order valence-electron chi connectivity index (χ3n) is 2.38. The summed E-state index contributed by atoms with van der Waals surface area (Å²) in [7, 11) is 0. The molecule has 0 saturated carbocycles. The number of pyridine rings is 2. The van der Waals surface area contributed by atoms with Gasteiger partial charge in [-0.2, -0.15) is 0 Å². The molecule has 6 heteroatoms. The van der Waals surface area contributed by atoms with Crippen molar-refractivity contribution in [1.82, 2.24) is 20.6 Å². The molecule has 0 fully saturated rings. The summed E-state index contributed by atoms with van der Waals surface area (Å²) in [4.78, 5) is 9.21. The Kier molecular flexibility index (Phi) is 4.88. The van der Waals surface area contributed by atoms with E-state index in [0.29, 0.717) is 16.6 Å². The minimum Gasteiger partial charge on any atom is -0.359 e. The Morgan fingerprint density at radius 3 is 1.53 bits per heavy atom. The van der Waals surface area contributed by atoms with Crippen LogP contribution in [0.4, 0.5) is 0 Å². The zero-order valence-electron chi connectivity index (χ0n) is 10.0.